The third-order valence-electron chi connectivity index (χ3n) is 4.99. The van der Waals surface area contributed by atoms with Gasteiger partial charge in [0.1, 0.15) is 11.9 Å². The summed E-state index contributed by atoms with van der Waals surface area (Å²) in [5.41, 5.74) is 8.61. The van der Waals surface area contributed by atoms with Crippen molar-refractivity contribution in [2.45, 2.75) is 25.8 Å². The molecule has 1 unspecified atom stereocenters. The Balaban J connectivity index is 1.53. The summed E-state index contributed by atoms with van der Waals surface area (Å²) >= 11 is 0. The molecule has 1 heterocycles. The molecule has 6 heteroatoms. The third kappa shape index (κ3) is 4.71. The molecule has 0 aliphatic carbocycles. The lowest BCUT2D eigenvalue weighted by molar-refractivity contribution is -0.135. The molecule has 5 nitrogen and oxygen atoms in total. The quantitative estimate of drug-likeness (QED) is 0.870. The second-order valence-electron chi connectivity index (χ2n) is 6.98. The molecule has 142 valence electrons. The normalized spacial score (nSPS) is 16.0. The molecule has 1 aliphatic heterocycles. The lowest BCUT2D eigenvalue weighted by Gasteiger charge is -2.33. The summed E-state index contributed by atoms with van der Waals surface area (Å²) in [5, 5.41) is 2.80. The zero-order chi connectivity index (χ0) is 19.4. The van der Waals surface area contributed by atoms with E-state index in [1.165, 1.54) is 24.3 Å². The number of piperidine rings is 1. The Morgan fingerprint density at radius 2 is 1.67 bits per heavy atom. The fourth-order valence-electron chi connectivity index (χ4n) is 3.25. The first kappa shape index (κ1) is 19.0. The Morgan fingerprint density at radius 1 is 1.07 bits per heavy atom. The van der Waals surface area contributed by atoms with E-state index in [4.69, 9.17) is 5.73 Å². The van der Waals surface area contributed by atoms with Crippen LogP contribution in [0.3, 0.4) is 0 Å². The molecule has 1 saturated heterocycles. The second-order valence-corrected chi connectivity index (χ2v) is 6.98. The summed E-state index contributed by atoms with van der Waals surface area (Å²) in [6.07, 6.45) is 1.17. The van der Waals surface area contributed by atoms with E-state index in [-0.39, 0.29) is 23.5 Å². The molecule has 0 bridgehead atoms. The number of hydrogen-bond acceptors (Lipinski definition) is 3. The van der Waals surface area contributed by atoms with Crippen molar-refractivity contribution in [3.63, 3.8) is 0 Å². The van der Waals surface area contributed by atoms with Gasteiger partial charge in [-0.1, -0.05) is 29.8 Å². The average molecular weight is 369 g/mol. The van der Waals surface area contributed by atoms with Crippen molar-refractivity contribution in [1.82, 2.24) is 4.90 Å². The number of likely N-dealkylation sites (tertiary alicyclic amines) is 1. The summed E-state index contributed by atoms with van der Waals surface area (Å²) in [7, 11) is 0. The first-order valence-electron chi connectivity index (χ1n) is 9.11. The molecule has 2 aromatic carbocycles. The number of aryl methyl sites for hydroxylation is 1. The first-order valence-corrected chi connectivity index (χ1v) is 9.11. The van der Waals surface area contributed by atoms with Gasteiger partial charge in [-0.2, -0.15) is 0 Å². The molecule has 0 saturated carbocycles. The van der Waals surface area contributed by atoms with Crippen LogP contribution in [0.4, 0.5) is 10.1 Å². The molecular weight excluding hydrogens is 345 g/mol. The highest BCUT2D eigenvalue weighted by molar-refractivity contribution is 5.92. The average Bonchev–Trinajstić information content (AvgIpc) is 2.69. The topological polar surface area (TPSA) is 75.4 Å². The van der Waals surface area contributed by atoms with E-state index >= 15 is 0 Å². The number of halogens is 1. The maximum absolute atomic E-state index is 12.9. The summed E-state index contributed by atoms with van der Waals surface area (Å²) in [6, 6.07) is 12.6. The van der Waals surface area contributed by atoms with E-state index < -0.39 is 6.04 Å². The monoisotopic (exact) mass is 369 g/mol. The number of carbonyl (C=O) groups is 2. The standard InChI is InChI=1S/C21H24FN3O2/c1-14-2-4-15(5-3-14)19(23)21(27)25-12-10-16(11-13-25)20(26)24-18-8-6-17(22)7-9-18/h2-9,16,19H,10-13,23H2,1H3,(H,24,26). The zero-order valence-corrected chi connectivity index (χ0v) is 15.3. The molecule has 3 N–H and O–H groups in total. The smallest absolute Gasteiger partial charge is 0.244 e. The van der Waals surface area contributed by atoms with Crippen molar-refractivity contribution in [2.24, 2.45) is 11.7 Å². The van der Waals surface area contributed by atoms with Crippen molar-refractivity contribution >= 4 is 17.5 Å². The third-order valence-corrected chi connectivity index (χ3v) is 4.99. The molecular formula is C21H24FN3O2. The fourth-order valence-corrected chi connectivity index (χ4v) is 3.25. The van der Waals surface area contributed by atoms with Crippen LogP contribution in [-0.2, 0) is 9.59 Å². The fraction of sp³-hybridized carbons (Fsp3) is 0.333. The summed E-state index contributed by atoms with van der Waals surface area (Å²) in [4.78, 5) is 26.8. The van der Waals surface area contributed by atoms with Gasteiger partial charge in [0.25, 0.3) is 0 Å². The number of benzene rings is 2. The van der Waals surface area contributed by atoms with E-state index in [1.807, 2.05) is 31.2 Å². The van der Waals surface area contributed by atoms with Crippen molar-refractivity contribution in [2.75, 3.05) is 18.4 Å². The molecule has 1 fully saturated rings. The van der Waals surface area contributed by atoms with Crippen LogP contribution >= 0.6 is 0 Å². The van der Waals surface area contributed by atoms with Gasteiger partial charge in [0.15, 0.2) is 0 Å². The highest BCUT2D eigenvalue weighted by Crippen LogP contribution is 2.22. The minimum atomic E-state index is -0.685. The van der Waals surface area contributed by atoms with Gasteiger partial charge in [0.05, 0.1) is 0 Å². The van der Waals surface area contributed by atoms with Crippen LogP contribution in [0.1, 0.15) is 30.0 Å². The zero-order valence-electron chi connectivity index (χ0n) is 15.3. The van der Waals surface area contributed by atoms with Gasteiger partial charge in [-0.15, -0.1) is 0 Å². The Morgan fingerprint density at radius 3 is 2.26 bits per heavy atom. The number of amides is 2. The number of nitrogens with zero attached hydrogens (tertiary/aromatic N) is 1. The maximum Gasteiger partial charge on any atom is 0.244 e. The minimum absolute atomic E-state index is 0.100. The Kier molecular flexibility index (Phi) is 5.86. The van der Waals surface area contributed by atoms with Gasteiger partial charge in [-0.3, -0.25) is 9.59 Å². The summed E-state index contributed by atoms with van der Waals surface area (Å²) in [5.74, 6) is -0.729. The van der Waals surface area contributed by atoms with Crippen molar-refractivity contribution in [3.8, 4) is 0 Å². The van der Waals surface area contributed by atoms with Crippen molar-refractivity contribution in [1.29, 1.82) is 0 Å². The number of anilines is 1. The SMILES string of the molecule is Cc1ccc(C(N)C(=O)N2CCC(C(=O)Nc3ccc(F)cc3)CC2)cc1. The first-order chi connectivity index (χ1) is 12.9. The molecule has 3 rings (SSSR count). The highest BCUT2D eigenvalue weighted by atomic mass is 19.1. The molecule has 1 aliphatic rings. The van der Waals surface area contributed by atoms with Crippen LogP contribution in [0.5, 0.6) is 0 Å². The number of hydrogen-bond donors (Lipinski definition) is 2. The highest BCUT2D eigenvalue weighted by Gasteiger charge is 2.30. The van der Waals surface area contributed by atoms with Crippen molar-refractivity contribution < 1.29 is 14.0 Å². The predicted molar refractivity (Wildman–Crippen MR) is 102 cm³/mol. The van der Waals surface area contributed by atoms with Crippen LogP contribution in [-0.4, -0.2) is 29.8 Å². The lowest BCUT2D eigenvalue weighted by atomic mass is 9.94. The largest absolute Gasteiger partial charge is 0.341 e. The Labute approximate surface area is 158 Å². The molecule has 2 aromatic rings. The second kappa shape index (κ2) is 8.31. The van der Waals surface area contributed by atoms with Crippen LogP contribution in [0.15, 0.2) is 48.5 Å². The molecule has 1 atom stereocenters. The van der Waals surface area contributed by atoms with Crippen molar-refractivity contribution in [3.05, 3.63) is 65.5 Å². The van der Waals surface area contributed by atoms with Crippen LogP contribution in [0.2, 0.25) is 0 Å². The molecule has 2 amide bonds. The van der Waals surface area contributed by atoms with Crippen LogP contribution in [0.25, 0.3) is 0 Å². The molecule has 0 radical (unpaired) electrons. The summed E-state index contributed by atoms with van der Waals surface area (Å²) < 4.78 is 12.9. The van der Waals surface area contributed by atoms with E-state index in [0.29, 0.717) is 31.6 Å². The van der Waals surface area contributed by atoms with Gasteiger partial charge in [0.2, 0.25) is 11.8 Å². The minimum Gasteiger partial charge on any atom is -0.341 e. The number of nitrogens with one attached hydrogen (secondary N) is 1. The van der Waals surface area contributed by atoms with E-state index in [0.717, 1.165) is 11.1 Å². The lowest BCUT2D eigenvalue weighted by Crippen LogP contribution is -2.45. The van der Waals surface area contributed by atoms with E-state index in [9.17, 15) is 14.0 Å². The number of rotatable bonds is 4. The van der Waals surface area contributed by atoms with Crippen LogP contribution < -0.4 is 11.1 Å². The molecule has 0 spiro atoms. The van der Waals surface area contributed by atoms with Gasteiger partial charge >= 0.3 is 0 Å². The number of carbonyl (C=O) groups excluding carboxylic acids is 2. The Bertz CT molecular complexity index is 797. The van der Waals surface area contributed by atoms with E-state index in [2.05, 4.69) is 5.32 Å². The predicted octanol–water partition coefficient (Wildman–Crippen LogP) is 3.01. The van der Waals surface area contributed by atoms with Crippen LogP contribution in [0, 0.1) is 18.7 Å². The van der Waals surface area contributed by atoms with Gasteiger partial charge < -0.3 is 16.0 Å². The van der Waals surface area contributed by atoms with E-state index in [1.54, 1.807) is 4.90 Å². The number of nitrogens with two attached hydrogens (primary N) is 1. The summed E-state index contributed by atoms with van der Waals surface area (Å²) in [6.45, 7) is 2.98. The molecule has 27 heavy (non-hydrogen) atoms. The van der Waals surface area contributed by atoms with Gasteiger partial charge in [0, 0.05) is 24.7 Å². The maximum atomic E-state index is 12.9. The van der Waals surface area contributed by atoms with Gasteiger partial charge in [-0.25, -0.2) is 4.39 Å². The molecule has 0 aromatic heterocycles. The Hall–Kier alpha value is -2.73. The van der Waals surface area contributed by atoms with Gasteiger partial charge in [-0.05, 0) is 49.6 Å².